The highest BCUT2D eigenvalue weighted by atomic mass is 32.2. The molecule has 0 heterocycles. The molecule has 1 aromatic rings. The molecule has 0 aliphatic carbocycles. The molecule has 22 heavy (non-hydrogen) atoms. The van der Waals surface area contributed by atoms with Gasteiger partial charge in [-0.25, -0.2) is 17.9 Å². The van der Waals surface area contributed by atoms with Gasteiger partial charge in [0.25, 0.3) is 10.0 Å². The maximum Gasteiger partial charge on any atom is 0.421 e. The Balaban J connectivity index is 2.82. The predicted octanol–water partition coefficient (Wildman–Crippen LogP) is 3.40. The Labute approximate surface area is 132 Å². The van der Waals surface area contributed by atoms with Crippen LogP contribution in [0.15, 0.2) is 41.8 Å². The second-order valence-corrected chi connectivity index (χ2v) is 7.89. The summed E-state index contributed by atoms with van der Waals surface area (Å²) in [5, 5.41) is 0. The van der Waals surface area contributed by atoms with Crippen molar-refractivity contribution < 1.29 is 17.9 Å². The largest absolute Gasteiger partial charge is 0.445 e. The standard InChI is InChI=1S/C16H23NO4S/c1-6-7-14(16(3,4)5)21-15(18)17-22(19,20)13-10-8-12(2)9-11-13/h6,8-11,14H,1,7H2,2-5H3,(H,17,18). The van der Waals surface area contributed by atoms with E-state index in [0.29, 0.717) is 6.42 Å². The highest BCUT2D eigenvalue weighted by Crippen LogP contribution is 2.25. The second-order valence-electron chi connectivity index (χ2n) is 6.20. The number of rotatable bonds is 5. The van der Waals surface area contributed by atoms with E-state index >= 15 is 0 Å². The fourth-order valence-electron chi connectivity index (χ4n) is 1.77. The van der Waals surface area contributed by atoms with Crippen LogP contribution >= 0.6 is 0 Å². The van der Waals surface area contributed by atoms with Gasteiger partial charge in [0.2, 0.25) is 0 Å². The molecular weight excluding hydrogens is 302 g/mol. The van der Waals surface area contributed by atoms with E-state index in [1.807, 2.05) is 32.4 Å². The van der Waals surface area contributed by atoms with E-state index in [-0.39, 0.29) is 10.3 Å². The van der Waals surface area contributed by atoms with Crippen LogP contribution in [0.3, 0.4) is 0 Å². The molecule has 122 valence electrons. The number of amides is 1. The van der Waals surface area contributed by atoms with Crippen molar-refractivity contribution >= 4 is 16.1 Å². The first-order chi connectivity index (χ1) is 10.1. The molecule has 1 rings (SSSR count). The fourth-order valence-corrected chi connectivity index (χ4v) is 2.65. The van der Waals surface area contributed by atoms with E-state index in [1.54, 1.807) is 18.2 Å². The summed E-state index contributed by atoms with van der Waals surface area (Å²) < 4.78 is 31.4. The highest BCUT2D eigenvalue weighted by molar-refractivity contribution is 7.90. The van der Waals surface area contributed by atoms with E-state index in [2.05, 4.69) is 6.58 Å². The van der Waals surface area contributed by atoms with Gasteiger partial charge in [-0.15, -0.1) is 6.58 Å². The first-order valence-electron chi connectivity index (χ1n) is 6.97. The molecule has 0 spiro atoms. The first-order valence-corrected chi connectivity index (χ1v) is 8.45. The number of nitrogens with one attached hydrogen (secondary N) is 1. The van der Waals surface area contributed by atoms with Gasteiger partial charge in [-0.05, 0) is 24.5 Å². The van der Waals surface area contributed by atoms with Crippen molar-refractivity contribution in [3.05, 3.63) is 42.5 Å². The van der Waals surface area contributed by atoms with Crippen LogP contribution < -0.4 is 4.72 Å². The van der Waals surface area contributed by atoms with Crippen molar-refractivity contribution in [2.75, 3.05) is 0 Å². The Bertz CT molecular complexity index is 627. The molecule has 0 radical (unpaired) electrons. The zero-order valence-electron chi connectivity index (χ0n) is 13.4. The number of hydrogen-bond donors (Lipinski definition) is 1. The molecule has 1 atom stereocenters. The highest BCUT2D eigenvalue weighted by Gasteiger charge is 2.29. The van der Waals surface area contributed by atoms with E-state index in [4.69, 9.17) is 4.74 Å². The molecule has 0 aromatic heterocycles. The van der Waals surface area contributed by atoms with Gasteiger partial charge in [0, 0.05) is 6.42 Å². The van der Waals surface area contributed by atoms with Crippen molar-refractivity contribution in [3.63, 3.8) is 0 Å². The van der Waals surface area contributed by atoms with Gasteiger partial charge in [0.1, 0.15) is 6.10 Å². The molecule has 1 unspecified atom stereocenters. The molecule has 1 amide bonds. The van der Waals surface area contributed by atoms with Gasteiger partial charge in [0.15, 0.2) is 0 Å². The van der Waals surface area contributed by atoms with E-state index in [0.717, 1.165) is 5.56 Å². The Hall–Kier alpha value is -1.82. The quantitative estimate of drug-likeness (QED) is 0.842. The van der Waals surface area contributed by atoms with Gasteiger partial charge in [0.05, 0.1) is 4.90 Å². The van der Waals surface area contributed by atoms with Crippen LogP contribution in [0, 0.1) is 12.3 Å². The zero-order valence-corrected chi connectivity index (χ0v) is 14.2. The van der Waals surface area contributed by atoms with Crippen molar-refractivity contribution in [1.82, 2.24) is 4.72 Å². The molecule has 0 saturated heterocycles. The zero-order chi connectivity index (χ0) is 17.0. The average Bonchev–Trinajstić information content (AvgIpc) is 2.37. The monoisotopic (exact) mass is 325 g/mol. The molecule has 0 aliphatic heterocycles. The smallest absolute Gasteiger partial charge is 0.421 e. The minimum atomic E-state index is -3.93. The Morgan fingerprint density at radius 1 is 1.32 bits per heavy atom. The topological polar surface area (TPSA) is 72.5 Å². The van der Waals surface area contributed by atoms with Gasteiger partial charge in [-0.1, -0.05) is 44.5 Å². The summed E-state index contributed by atoms with van der Waals surface area (Å²) >= 11 is 0. The van der Waals surface area contributed by atoms with Crippen LogP contribution in [0.25, 0.3) is 0 Å². The van der Waals surface area contributed by atoms with Crippen LogP contribution in [0.2, 0.25) is 0 Å². The molecule has 5 nitrogen and oxygen atoms in total. The lowest BCUT2D eigenvalue weighted by Crippen LogP contribution is -2.38. The van der Waals surface area contributed by atoms with Crippen molar-refractivity contribution in [2.45, 2.75) is 45.1 Å². The third-order valence-electron chi connectivity index (χ3n) is 3.14. The third kappa shape index (κ3) is 5.18. The maximum absolute atomic E-state index is 12.1. The summed E-state index contributed by atoms with van der Waals surface area (Å²) in [6.45, 7) is 11.2. The minimum absolute atomic E-state index is 0.0195. The van der Waals surface area contributed by atoms with Gasteiger partial charge in [-0.3, -0.25) is 0 Å². The molecule has 6 heteroatoms. The van der Waals surface area contributed by atoms with Gasteiger partial charge >= 0.3 is 6.09 Å². The van der Waals surface area contributed by atoms with Crippen LogP contribution in [-0.4, -0.2) is 20.6 Å². The molecule has 0 saturated carbocycles. The van der Waals surface area contributed by atoms with Gasteiger partial charge < -0.3 is 4.74 Å². The third-order valence-corrected chi connectivity index (χ3v) is 4.47. The van der Waals surface area contributed by atoms with Gasteiger partial charge in [-0.2, -0.15) is 0 Å². The van der Waals surface area contributed by atoms with Crippen molar-refractivity contribution in [2.24, 2.45) is 5.41 Å². The predicted molar refractivity (Wildman–Crippen MR) is 86.0 cm³/mol. The van der Waals surface area contributed by atoms with E-state index in [9.17, 15) is 13.2 Å². The molecule has 0 fully saturated rings. The summed E-state index contributed by atoms with van der Waals surface area (Å²) in [7, 11) is -3.93. The van der Waals surface area contributed by atoms with Crippen LogP contribution in [0.1, 0.15) is 32.8 Å². The number of benzene rings is 1. The number of ether oxygens (including phenoxy) is 1. The summed E-state index contributed by atoms with van der Waals surface area (Å²) in [5.74, 6) is 0. The van der Waals surface area contributed by atoms with Crippen LogP contribution in [0.5, 0.6) is 0 Å². The van der Waals surface area contributed by atoms with E-state index in [1.165, 1.54) is 12.1 Å². The minimum Gasteiger partial charge on any atom is -0.445 e. The lowest BCUT2D eigenvalue weighted by molar-refractivity contribution is 0.0369. The van der Waals surface area contributed by atoms with Crippen LogP contribution in [-0.2, 0) is 14.8 Å². The normalized spacial score (nSPS) is 13.3. The molecule has 0 aliphatic rings. The lowest BCUT2D eigenvalue weighted by atomic mass is 9.87. The fraction of sp³-hybridized carbons (Fsp3) is 0.438. The Morgan fingerprint density at radius 2 is 1.86 bits per heavy atom. The summed E-state index contributed by atoms with van der Waals surface area (Å²) in [6.07, 6.45) is 0.639. The number of aryl methyl sites for hydroxylation is 1. The maximum atomic E-state index is 12.1. The average molecular weight is 325 g/mol. The summed E-state index contributed by atoms with van der Waals surface area (Å²) in [4.78, 5) is 11.9. The molecule has 1 aromatic carbocycles. The Morgan fingerprint density at radius 3 is 2.32 bits per heavy atom. The number of hydrogen-bond acceptors (Lipinski definition) is 4. The number of sulfonamides is 1. The number of carbonyl (C=O) groups is 1. The summed E-state index contributed by atoms with van der Waals surface area (Å²) in [5.41, 5.74) is 0.611. The Kier molecular flexibility index (Phi) is 5.77. The second kappa shape index (κ2) is 6.96. The lowest BCUT2D eigenvalue weighted by Gasteiger charge is -2.29. The van der Waals surface area contributed by atoms with Crippen molar-refractivity contribution in [3.8, 4) is 0 Å². The molecule has 1 N–H and O–H groups in total. The van der Waals surface area contributed by atoms with E-state index < -0.39 is 22.2 Å². The summed E-state index contributed by atoms with van der Waals surface area (Å²) in [6, 6.07) is 6.21. The first kappa shape index (κ1) is 18.2. The van der Waals surface area contributed by atoms with Crippen LogP contribution in [0.4, 0.5) is 4.79 Å². The molecule has 0 bridgehead atoms. The van der Waals surface area contributed by atoms with Crippen molar-refractivity contribution in [1.29, 1.82) is 0 Å². The number of carbonyl (C=O) groups excluding carboxylic acids is 1. The SMILES string of the molecule is C=CCC(OC(=O)NS(=O)(=O)c1ccc(C)cc1)C(C)(C)C. The molecular formula is C16H23NO4S.